The molecule has 3 N–H and O–H groups in total. The lowest BCUT2D eigenvalue weighted by Crippen LogP contribution is -1.97. The van der Waals surface area contributed by atoms with Crippen LogP contribution in [-0.2, 0) is 6.54 Å². The van der Waals surface area contributed by atoms with Gasteiger partial charge in [0.1, 0.15) is 17.7 Å². The predicted octanol–water partition coefficient (Wildman–Crippen LogP) is 1.51. The van der Waals surface area contributed by atoms with Gasteiger partial charge in [0.25, 0.3) is 0 Å². The number of phenols is 1. The van der Waals surface area contributed by atoms with Crippen LogP contribution in [0.4, 0.5) is 0 Å². The molecule has 0 amide bonds. The van der Waals surface area contributed by atoms with E-state index < -0.39 is 0 Å². The molecule has 1 heterocycles. The van der Waals surface area contributed by atoms with Gasteiger partial charge in [-0.1, -0.05) is 17.3 Å². The maximum absolute atomic E-state index is 9.29. The zero-order valence-electron chi connectivity index (χ0n) is 7.47. The zero-order valence-corrected chi connectivity index (χ0v) is 7.47. The van der Waals surface area contributed by atoms with E-state index in [-0.39, 0.29) is 5.75 Å². The van der Waals surface area contributed by atoms with Gasteiger partial charge in [0.05, 0.1) is 0 Å². The highest BCUT2D eigenvalue weighted by atomic mass is 16.5. The summed E-state index contributed by atoms with van der Waals surface area (Å²) in [6, 6.07) is 6.88. The van der Waals surface area contributed by atoms with Gasteiger partial charge in [-0.15, -0.1) is 0 Å². The molecule has 2 aromatic rings. The van der Waals surface area contributed by atoms with Crippen molar-refractivity contribution in [1.29, 1.82) is 0 Å². The third-order valence-electron chi connectivity index (χ3n) is 1.99. The standard InChI is InChI=1S/C10H10N2O2/c11-5-10-9(6-14-12-10)7-2-1-3-8(13)4-7/h1-4,6,13H,5,11H2. The molecule has 1 aromatic heterocycles. The summed E-state index contributed by atoms with van der Waals surface area (Å²) in [7, 11) is 0. The van der Waals surface area contributed by atoms with E-state index in [4.69, 9.17) is 10.3 Å². The Kier molecular flexibility index (Phi) is 2.20. The van der Waals surface area contributed by atoms with E-state index in [1.54, 1.807) is 18.2 Å². The van der Waals surface area contributed by atoms with Crippen molar-refractivity contribution < 1.29 is 9.63 Å². The van der Waals surface area contributed by atoms with Gasteiger partial charge in [0, 0.05) is 12.1 Å². The molecule has 0 radical (unpaired) electrons. The van der Waals surface area contributed by atoms with Gasteiger partial charge in [-0.3, -0.25) is 0 Å². The molecule has 1 aromatic carbocycles. The average Bonchev–Trinajstić information content (AvgIpc) is 2.65. The Hall–Kier alpha value is -1.81. The van der Waals surface area contributed by atoms with Crippen LogP contribution >= 0.6 is 0 Å². The molecule has 0 fully saturated rings. The SMILES string of the molecule is NCc1nocc1-c1cccc(O)c1. The first-order valence-corrected chi connectivity index (χ1v) is 4.24. The third-order valence-corrected chi connectivity index (χ3v) is 1.99. The van der Waals surface area contributed by atoms with Crippen molar-refractivity contribution in [3.05, 3.63) is 36.2 Å². The number of aromatic nitrogens is 1. The van der Waals surface area contributed by atoms with Crippen molar-refractivity contribution in [3.63, 3.8) is 0 Å². The number of nitrogens with two attached hydrogens (primary N) is 1. The van der Waals surface area contributed by atoms with E-state index in [2.05, 4.69) is 5.16 Å². The molecule has 0 aliphatic rings. The van der Waals surface area contributed by atoms with Crippen LogP contribution in [0.3, 0.4) is 0 Å². The number of rotatable bonds is 2. The van der Waals surface area contributed by atoms with E-state index in [1.165, 1.54) is 6.26 Å². The Morgan fingerprint density at radius 3 is 3.00 bits per heavy atom. The number of hydrogen-bond acceptors (Lipinski definition) is 4. The van der Waals surface area contributed by atoms with E-state index in [0.717, 1.165) is 11.1 Å². The number of phenolic OH excluding ortho intramolecular Hbond substituents is 1. The Balaban J connectivity index is 2.49. The van der Waals surface area contributed by atoms with Crippen molar-refractivity contribution >= 4 is 0 Å². The van der Waals surface area contributed by atoms with Crippen molar-refractivity contribution in [2.75, 3.05) is 0 Å². The summed E-state index contributed by atoms with van der Waals surface area (Å²) in [6.45, 7) is 0.321. The summed E-state index contributed by atoms with van der Waals surface area (Å²) in [4.78, 5) is 0. The van der Waals surface area contributed by atoms with Crippen LogP contribution in [0.25, 0.3) is 11.1 Å². The lowest BCUT2D eigenvalue weighted by Gasteiger charge is -1.99. The van der Waals surface area contributed by atoms with Crippen LogP contribution < -0.4 is 5.73 Å². The van der Waals surface area contributed by atoms with Crippen molar-refractivity contribution in [2.45, 2.75) is 6.54 Å². The van der Waals surface area contributed by atoms with Gasteiger partial charge in [-0.05, 0) is 17.7 Å². The highest BCUT2D eigenvalue weighted by molar-refractivity contribution is 5.66. The smallest absolute Gasteiger partial charge is 0.131 e. The minimum atomic E-state index is 0.215. The summed E-state index contributed by atoms with van der Waals surface area (Å²) in [5, 5.41) is 13.1. The van der Waals surface area contributed by atoms with Gasteiger partial charge in [-0.25, -0.2) is 0 Å². The molecular weight excluding hydrogens is 180 g/mol. The highest BCUT2D eigenvalue weighted by Gasteiger charge is 2.08. The quantitative estimate of drug-likeness (QED) is 0.752. The summed E-state index contributed by atoms with van der Waals surface area (Å²) >= 11 is 0. The molecular formula is C10H10N2O2. The summed E-state index contributed by atoms with van der Waals surface area (Å²) in [5.41, 5.74) is 7.85. The van der Waals surface area contributed by atoms with E-state index >= 15 is 0 Å². The van der Waals surface area contributed by atoms with E-state index in [1.807, 2.05) is 6.07 Å². The summed E-state index contributed by atoms with van der Waals surface area (Å²) in [6.07, 6.45) is 1.52. The van der Waals surface area contributed by atoms with Gasteiger partial charge in [0.2, 0.25) is 0 Å². The normalized spacial score (nSPS) is 10.4. The lowest BCUT2D eigenvalue weighted by molar-refractivity contribution is 0.412. The van der Waals surface area contributed by atoms with Gasteiger partial charge in [-0.2, -0.15) is 0 Å². The largest absolute Gasteiger partial charge is 0.508 e. The second-order valence-electron chi connectivity index (χ2n) is 2.93. The Bertz CT molecular complexity index is 437. The summed E-state index contributed by atoms with van der Waals surface area (Å²) in [5.74, 6) is 0.215. The third kappa shape index (κ3) is 1.47. The van der Waals surface area contributed by atoms with Gasteiger partial charge in [0.15, 0.2) is 0 Å². The fourth-order valence-electron chi connectivity index (χ4n) is 1.32. The van der Waals surface area contributed by atoms with Crippen LogP contribution in [-0.4, -0.2) is 10.3 Å². The molecule has 0 spiro atoms. The number of aromatic hydroxyl groups is 1. The molecule has 0 aliphatic carbocycles. The topological polar surface area (TPSA) is 72.3 Å². The molecule has 0 unspecified atom stereocenters. The molecule has 0 saturated carbocycles. The van der Waals surface area contributed by atoms with Crippen LogP contribution in [0.5, 0.6) is 5.75 Å². The van der Waals surface area contributed by atoms with Crippen LogP contribution in [0.15, 0.2) is 35.1 Å². The predicted molar refractivity (Wildman–Crippen MR) is 51.5 cm³/mol. The Morgan fingerprint density at radius 2 is 2.29 bits per heavy atom. The average molecular weight is 190 g/mol. The molecule has 4 nitrogen and oxygen atoms in total. The molecule has 72 valence electrons. The first kappa shape index (κ1) is 8.77. The number of benzene rings is 1. The number of hydrogen-bond donors (Lipinski definition) is 2. The fourth-order valence-corrected chi connectivity index (χ4v) is 1.32. The molecule has 0 saturated heterocycles. The minimum absolute atomic E-state index is 0.215. The molecule has 14 heavy (non-hydrogen) atoms. The Labute approximate surface area is 81.0 Å². The molecule has 4 heteroatoms. The van der Waals surface area contributed by atoms with Gasteiger partial charge < -0.3 is 15.4 Å². The van der Waals surface area contributed by atoms with Gasteiger partial charge >= 0.3 is 0 Å². The molecule has 0 bridgehead atoms. The lowest BCUT2D eigenvalue weighted by atomic mass is 10.1. The second-order valence-corrected chi connectivity index (χ2v) is 2.93. The zero-order chi connectivity index (χ0) is 9.97. The van der Waals surface area contributed by atoms with Crippen LogP contribution in [0.2, 0.25) is 0 Å². The van der Waals surface area contributed by atoms with E-state index in [0.29, 0.717) is 12.2 Å². The maximum atomic E-state index is 9.29. The van der Waals surface area contributed by atoms with E-state index in [9.17, 15) is 5.11 Å². The van der Waals surface area contributed by atoms with Crippen molar-refractivity contribution in [1.82, 2.24) is 5.16 Å². The van der Waals surface area contributed by atoms with Crippen LogP contribution in [0.1, 0.15) is 5.69 Å². The Morgan fingerprint density at radius 1 is 1.43 bits per heavy atom. The highest BCUT2D eigenvalue weighted by Crippen LogP contribution is 2.25. The van der Waals surface area contributed by atoms with Crippen molar-refractivity contribution in [3.8, 4) is 16.9 Å². The van der Waals surface area contributed by atoms with Crippen molar-refractivity contribution in [2.24, 2.45) is 5.73 Å². The first-order chi connectivity index (χ1) is 6.81. The molecule has 2 rings (SSSR count). The first-order valence-electron chi connectivity index (χ1n) is 4.24. The molecule has 0 aliphatic heterocycles. The second kappa shape index (κ2) is 3.51. The summed E-state index contributed by atoms with van der Waals surface area (Å²) < 4.78 is 4.82. The fraction of sp³-hybridized carbons (Fsp3) is 0.100. The van der Waals surface area contributed by atoms with Crippen LogP contribution in [0, 0.1) is 0 Å². The number of nitrogens with zero attached hydrogens (tertiary/aromatic N) is 1. The monoisotopic (exact) mass is 190 g/mol. The maximum Gasteiger partial charge on any atom is 0.131 e. The minimum Gasteiger partial charge on any atom is -0.508 e. The molecule has 0 atom stereocenters.